The summed E-state index contributed by atoms with van der Waals surface area (Å²) in [4.78, 5) is 11.7. The van der Waals surface area contributed by atoms with E-state index in [0.29, 0.717) is 16.7 Å². The Morgan fingerprint density at radius 1 is 1.50 bits per heavy atom. The number of benzene rings is 1. The molecule has 1 amide bonds. The molecule has 1 aliphatic heterocycles. The predicted molar refractivity (Wildman–Crippen MR) is 76.9 cm³/mol. The first-order valence-corrected chi connectivity index (χ1v) is 6.55. The van der Waals surface area contributed by atoms with Crippen molar-refractivity contribution in [2.45, 2.75) is 12.3 Å². The Morgan fingerprint density at radius 2 is 2.28 bits per heavy atom. The van der Waals surface area contributed by atoms with Gasteiger partial charge in [-0.1, -0.05) is 12.1 Å². The van der Waals surface area contributed by atoms with Crippen LogP contribution in [0.15, 0.2) is 47.5 Å². The lowest BCUT2D eigenvalue weighted by atomic mass is 10.2. The maximum Gasteiger partial charge on any atom is 0.248 e. The molecule has 5 heteroatoms. The fourth-order valence-corrected chi connectivity index (χ4v) is 2.22. The molecule has 18 heavy (non-hydrogen) atoms. The highest BCUT2D eigenvalue weighted by Crippen LogP contribution is 2.20. The summed E-state index contributed by atoms with van der Waals surface area (Å²) >= 11 is 1.69. The first-order chi connectivity index (χ1) is 8.65. The smallest absolute Gasteiger partial charge is 0.248 e. The molecule has 0 spiro atoms. The van der Waals surface area contributed by atoms with Crippen LogP contribution in [-0.2, 0) is 4.79 Å². The standard InChI is InChI=1S/C13H15N3OS/c1-9-15-10(8-18-9)6-7-13(17)16-12-5-3-2-4-11(12)14/h2-9,15H,14H2,1H3,(H,16,17)/b7-6+. The molecule has 0 saturated heterocycles. The van der Waals surface area contributed by atoms with Gasteiger partial charge in [0.25, 0.3) is 0 Å². The zero-order valence-corrected chi connectivity index (χ0v) is 10.8. The SMILES string of the molecule is CC1NC(/C=C/C(=O)Nc2ccccc2N)=CS1. The number of nitrogen functional groups attached to an aromatic ring is 1. The molecule has 94 valence electrons. The molecule has 1 aromatic rings. The van der Waals surface area contributed by atoms with Gasteiger partial charge in [0.05, 0.1) is 16.7 Å². The topological polar surface area (TPSA) is 67.2 Å². The highest BCUT2D eigenvalue weighted by atomic mass is 32.2. The Bertz CT molecular complexity index is 511. The second-order valence-electron chi connectivity index (χ2n) is 3.91. The molecule has 0 fully saturated rings. The zero-order valence-electron chi connectivity index (χ0n) is 10.0. The number of anilines is 2. The minimum absolute atomic E-state index is 0.194. The van der Waals surface area contributed by atoms with Crippen LogP contribution in [0.2, 0.25) is 0 Å². The number of hydrogen-bond donors (Lipinski definition) is 3. The quantitative estimate of drug-likeness (QED) is 0.577. The summed E-state index contributed by atoms with van der Waals surface area (Å²) in [5.74, 6) is -0.194. The molecule has 1 aliphatic rings. The summed E-state index contributed by atoms with van der Waals surface area (Å²) in [6.45, 7) is 2.06. The van der Waals surface area contributed by atoms with Crippen molar-refractivity contribution in [1.82, 2.24) is 5.32 Å². The van der Waals surface area contributed by atoms with E-state index in [2.05, 4.69) is 17.6 Å². The molecule has 1 heterocycles. The van der Waals surface area contributed by atoms with Crippen molar-refractivity contribution in [3.05, 3.63) is 47.5 Å². The van der Waals surface area contributed by atoms with Crippen LogP contribution < -0.4 is 16.4 Å². The van der Waals surface area contributed by atoms with Gasteiger partial charge in [-0.15, -0.1) is 11.8 Å². The molecule has 1 atom stereocenters. The van der Waals surface area contributed by atoms with Gasteiger partial charge in [-0.05, 0) is 30.5 Å². The molecule has 1 aromatic carbocycles. The minimum Gasteiger partial charge on any atom is -0.397 e. The van der Waals surface area contributed by atoms with E-state index in [1.165, 1.54) is 6.08 Å². The van der Waals surface area contributed by atoms with Gasteiger partial charge < -0.3 is 16.4 Å². The normalized spacial score (nSPS) is 18.5. The molecule has 0 radical (unpaired) electrons. The summed E-state index contributed by atoms with van der Waals surface area (Å²) in [5, 5.41) is 8.30. The molecule has 1 unspecified atom stereocenters. The van der Waals surface area contributed by atoms with Crippen LogP contribution in [0.5, 0.6) is 0 Å². The van der Waals surface area contributed by atoms with E-state index < -0.39 is 0 Å². The third-order valence-corrected chi connectivity index (χ3v) is 3.32. The third kappa shape index (κ3) is 3.30. The first-order valence-electron chi connectivity index (χ1n) is 5.61. The number of carbonyl (C=O) groups excluding carboxylic acids is 1. The van der Waals surface area contributed by atoms with E-state index in [9.17, 15) is 4.79 Å². The first kappa shape index (κ1) is 12.6. The fourth-order valence-electron chi connectivity index (χ4n) is 1.52. The molecular weight excluding hydrogens is 246 g/mol. The van der Waals surface area contributed by atoms with E-state index in [0.717, 1.165) is 5.70 Å². The van der Waals surface area contributed by atoms with Gasteiger partial charge in [-0.25, -0.2) is 0 Å². The molecule has 0 saturated carbocycles. The van der Waals surface area contributed by atoms with E-state index in [1.54, 1.807) is 30.0 Å². The largest absolute Gasteiger partial charge is 0.397 e. The van der Waals surface area contributed by atoms with E-state index in [-0.39, 0.29) is 5.91 Å². The van der Waals surface area contributed by atoms with Crippen molar-refractivity contribution in [2.24, 2.45) is 0 Å². The number of thioether (sulfide) groups is 1. The Balaban J connectivity index is 1.93. The molecule has 0 aromatic heterocycles. The molecule has 0 bridgehead atoms. The number of nitrogens with one attached hydrogen (secondary N) is 2. The summed E-state index contributed by atoms with van der Waals surface area (Å²) < 4.78 is 0. The molecule has 4 nitrogen and oxygen atoms in total. The molecule has 2 rings (SSSR count). The van der Waals surface area contributed by atoms with Gasteiger partial charge in [0.1, 0.15) is 0 Å². The number of allylic oxidation sites excluding steroid dienone is 1. The maximum atomic E-state index is 11.7. The lowest BCUT2D eigenvalue weighted by Crippen LogP contribution is -2.15. The second kappa shape index (κ2) is 5.64. The lowest BCUT2D eigenvalue weighted by Gasteiger charge is -2.05. The average molecular weight is 261 g/mol. The van der Waals surface area contributed by atoms with Crippen molar-refractivity contribution in [2.75, 3.05) is 11.1 Å². The van der Waals surface area contributed by atoms with Crippen LogP contribution in [0, 0.1) is 0 Å². The van der Waals surface area contributed by atoms with Crippen LogP contribution in [0.25, 0.3) is 0 Å². The maximum absolute atomic E-state index is 11.7. The number of hydrogen-bond acceptors (Lipinski definition) is 4. The van der Waals surface area contributed by atoms with Crippen molar-refractivity contribution in [3.63, 3.8) is 0 Å². The predicted octanol–water partition coefficient (Wildman–Crippen LogP) is 2.29. The summed E-state index contributed by atoms with van der Waals surface area (Å²) in [6.07, 6.45) is 3.24. The zero-order chi connectivity index (χ0) is 13.0. The van der Waals surface area contributed by atoms with E-state index in [4.69, 9.17) is 5.73 Å². The fraction of sp³-hybridized carbons (Fsp3) is 0.154. The number of para-hydroxylation sites is 2. The summed E-state index contributed by atoms with van der Waals surface area (Å²) in [5.41, 5.74) is 7.87. The Morgan fingerprint density at radius 3 is 2.94 bits per heavy atom. The number of rotatable bonds is 3. The van der Waals surface area contributed by atoms with Gasteiger partial charge in [-0.2, -0.15) is 0 Å². The molecule has 0 aliphatic carbocycles. The lowest BCUT2D eigenvalue weighted by molar-refractivity contribution is -0.111. The van der Waals surface area contributed by atoms with Gasteiger partial charge in [0, 0.05) is 11.8 Å². The van der Waals surface area contributed by atoms with Gasteiger partial charge in [0.15, 0.2) is 0 Å². The minimum atomic E-state index is -0.194. The third-order valence-electron chi connectivity index (χ3n) is 2.40. The van der Waals surface area contributed by atoms with Gasteiger partial charge >= 0.3 is 0 Å². The number of carbonyl (C=O) groups is 1. The van der Waals surface area contributed by atoms with Crippen molar-refractivity contribution in [1.29, 1.82) is 0 Å². The highest BCUT2D eigenvalue weighted by molar-refractivity contribution is 8.02. The Labute approximate surface area is 110 Å². The second-order valence-corrected chi connectivity index (χ2v) is 5.12. The summed E-state index contributed by atoms with van der Waals surface area (Å²) in [6, 6.07) is 7.17. The van der Waals surface area contributed by atoms with Crippen LogP contribution >= 0.6 is 11.8 Å². The number of nitrogens with two attached hydrogens (primary N) is 1. The monoisotopic (exact) mass is 261 g/mol. The Hall–Kier alpha value is -1.88. The van der Waals surface area contributed by atoms with Crippen LogP contribution in [0.3, 0.4) is 0 Å². The average Bonchev–Trinajstić information content (AvgIpc) is 2.76. The van der Waals surface area contributed by atoms with Gasteiger partial charge in [-0.3, -0.25) is 4.79 Å². The van der Waals surface area contributed by atoms with Crippen LogP contribution in [-0.4, -0.2) is 11.3 Å². The Kier molecular flexibility index (Phi) is 3.94. The van der Waals surface area contributed by atoms with Crippen molar-refractivity contribution >= 4 is 29.0 Å². The highest BCUT2D eigenvalue weighted by Gasteiger charge is 2.09. The van der Waals surface area contributed by atoms with Crippen molar-refractivity contribution in [3.8, 4) is 0 Å². The van der Waals surface area contributed by atoms with Crippen molar-refractivity contribution < 1.29 is 4.79 Å². The van der Waals surface area contributed by atoms with Crippen LogP contribution in [0.4, 0.5) is 11.4 Å². The number of amides is 1. The summed E-state index contributed by atoms with van der Waals surface area (Å²) in [7, 11) is 0. The molecule has 4 N–H and O–H groups in total. The van der Waals surface area contributed by atoms with Crippen LogP contribution in [0.1, 0.15) is 6.92 Å². The van der Waals surface area contributed by atoms with Gasteiger partial charge in [0.2, 0.25) is 5.91 Å². The van der Waals surface area contributed by atoms with E-state index in [1.807, 2.05) is 17.5 Å². The van der Waals surface area contributed by atoms with E-state index >= 15 is 0 Å². The molecular formula is C13H15N3OS.